The Labute approximate surface area is 116 Å². The molecule has 0 bridgehead atoms. The minimum absolute atomic E-state index is 0.0497. The summed E-state index contributed by atoms with van der Waals surface area (Å²) >= 11 is 0. The van der Waals surface area contributed by atoms with Crippen molar-refractivity contribution in [3.05, 3.63) is 23.9 Å². The molecule has 1 amide bonds. The van der Waals surface area contributed by atoms with Crippen molar-refractivity contribution < 1.29 is 4.79 Å². The zero-order chi connectivity index (χ0) is 14.3. The monoisotopic (exact) mass is 263 g/mol. The van der Waals surface area contributed by atoms with Crippen molar-refractivity contribution in [2.75, 3.05) is 11.9 Å². The molecule has 1 rings (SSSR count). The maximum absolute atomic E-state index is 12.0. The highest BCUT2D eigenvalue weighted by molar-refractivity contribution is 5.94. The van der Waals surface area contributed by atoms with Gasteiger partial charge in [-0.25, -0.2) is 4.98 Å². The zero-order valence-electron chi connectivity index (χ0n) is 12.4. The number of nitrogens with one attached hydrogen (secondary N) is 2. The molecule has 0 fully saturated rings. The van der Waals surface area contributed by atoms with Crippen LogP contribution in [-0.4, -0.2) is 23.5 Å². The van der Waals surface area contributed by atoms with Crippen LogP contribution in [0.4, 0.5) is 5.82 Å². The fourth-order valence-electron chi connectivity index (χ4n) is 1.95. The van der Waals surface area contributed by atoms with Crippen LogP contribution in [0.15, 0.2) is 18.3 Å². The molecule has 0 aliphatic carbocycles. The molecule has 0 aliphatic heterocycles. The fourth-order valence-corrected chi connectivity index (χ4v) is 1.95. The van der Waals surface area contributed by atoms with E-state index in [1.807, 2.05) is 19.9 Å². The number of anilines is 1. The molecule has 0 saturated carbocycles. The Morgan fingerprint density at radius 3 is 2.58 bits per heavy atom. The highest BCUT2D eigenvalue weighted by Gasteiger charge is 2.12. The molecule has 4 nitrogen and oxygen atoms in total. The number of rotatable bonds is 7. The number of amides is 1. The van der Waals surface area contributed by atoms with Crippen LogP contribution >= 0.6 is 0 Å². The van der Waals surface area contributed by atoms with E-state index in [0.29, 0.717) is 11.5 Å². The Morgan fingerprint density at radius 1 is 1.32 bits per heavy atom. The van der Waals surface area contributed by atoms with Gasteiger partial charge in [0.25, 0.3) is 5.91 Å². The molecule has 19 heavy (non-hydrogen) atoms. The van der Waals surface area contributed by atoms with Gasteiger partial charge in [0.05, 0.1) is 5.56 Å². The Kier molecular flexibility index (Phi) is 6.33. The van der Waals surface area contributed by atoms with E-state index in [1.54, 1.807) is 12.3 Å². The largest absolute Gasteiger partial charge is 0.370 e. The molecule has 0 spiro atoms. The molecular weight excluding hydrogens is 238 g/mol. The van der Waals surface area contributed by atoms with Gasteiger partial charge >= 0.3 is 0 Å². The van der Waals surface area contributed by atoms with E-state index in [1.165, 1.54) is 0 Å². The van der Waals surface area contributed by atoms with Gasteiger partial charge in [0.1, 0.15) is 5.82 Å². The van der Waals surface area contributed by atoms with Gasteiger partial charge in [-0.2, -0.15) is 0 Å². The predicted molar refractivity (Wildman–Crippen MR) is 79.4 cm³/mol. The number of aromatic nitrogens is 1. The summed E-state index contributed by atoms with van der Waals surface area (Å²) in [4.78, 5) is 16.2. The molecule has 0 aromatic carbocycles. The Balaban J connectivity index is 2.53. The first-order valence-electron chi connectivity index (χ1n) is 7.07. The summed E-state index contributed by atoms with van der Waals surface area (Å²) < 4.78 is 0. The first kappa shape index (κ1) is 15.5. The van der Waals surface area contributed by atoms with Crippen LogP contribution in [0.3, 0.4) is 0 Å². The molecule has 0 saturated heterocycles. The first-order valence-corrected chi connectivity index (χ1v) is 7.07. The van der Waals surface area contributed by atoms with E-state index in [4.69, 9.17) is 0 Å². The van der Waals surface area contributed by atoms with E-state index >= 15 is 0 Å². The summed E-state index contributed by atoms with van der Waals surface area (Å²) in [5, 5.41) is 6.12. The Morgan fingerprint density at radius 2 is 2.05 bits per heavy atom. The average Bonchev–Trinajstić information content (AvgIpc) is 2.39. The minimum Gasteiger partial charge on any atom is -0.370 e. The number of nitrogens with zero attached hydrogens (tertiary/aromatic N) is 1. The third-order valence-electron chi connectivity index (χ3n) is 3.21. The van der Waals surface area contributed by atoms with Crippen molar-refractivity contribution in [1.82, 2.24) is 10.3 Å². The third kappa shape index (κ3) is 5.28. The summed E-state index contributed by atoms with van der Waals surface area (Å²) in [6, 6.07) is 3.82. The lowest BCUT2D eigenvalue weighted by atomic mass is 10.0. The van der Waals surface area contributed by atoms with Crippen LogP contribution in [0.1, 0.15) is 50.9 Å². The molecule has 1 aromatic heterocycles. The second-order valence-corrected chi connectivity index (χ2v) is 5.09. The van der Waals surface area contributed by atoms with Gasteiger partial charge in [-0.15, -0.1) is 0 Å². The highest BCUT2D eigenvalue weighted by Crippen LogP contribution is 2.10. The van der Waals surface area contributed by atoms with Gasteiger partial charge in [0.15, 0.2) is 0 Å². The van der Waals surface area contributed by atoms with E-state index in [9.17, 15) is 4.79 Å². The van der Waals surface area contributed by atoms with Gasteiger partial charge in [0, 0.05) is 18.8 Å². The predicted octanol–water partition coefficient (Wildman–Crippen LogP) is 3.07. The Bertz CT molecular complexity index is 389. The minimum atomic E-state index is -0.0497. The van der Waals surface area contributed by atoms with Crippen molar-refractivity contribution in [2.45, 2.75) is 46.6 Å². The summed E-state index contributed by atoms with van der Waals surface area (Å²) in [5.74, 6) is 1.38. The van der Waals surface area contributed by atoms with Gasteiger partial charge in [-0.05, 0) is 38.3 Å². The van der Waals surface area contributed by atoms with Crippen LogP contribution in [0.2, 0.25) is 0 Å². The van der Waals surface area contributed by atoms with Gasteiger partial charge in [-0.1, -0.05) is 20.3 Å². The van der Waals surface area contributed by atoms with Crippen LogP contribution < -0.4 is 10.6 Å². The standard InChI is InChI=1S/C15H25N3O/c1-5-11(3)9-12(4)18-15(19)13-7-8-14(16-6-2)17-10-13/h7-8,10-12H,5-6,9H2,1-4H3,(H,16,17)(H,18,19). The molecule has 0 aliphatic rings. The van der Waals surface area contributed by atoms with Crippen molar-refractivity contribution >= 4 is 11.7 Å². The van der Waals surface area contributed by atoms with Crippen LogP contribution in [-0.2, 0) is 0 Å². The second kappa shape index (κ2) is 7.77. The van der Waals surface area contributed by atoms with Crippen LogP contribution in [0, 0.1) is 5.92 Å². The maximum atomic E-state index is 12.0. The SMILES string of the molecule is CCNc1ccc(C(=O)NC(C)CC(C)CC)cn1. The van der Waals surface area contributed by atoms with E-state index in [2.05, 4.69) is 29.5 Å². The number of hydrogen-bond acceptors (Lipinski definition) is 3. The molecule has 106 valence electrons. The normalized spacial score (nSPS) is 13.7. The topological polar surface area (TPSA) is 54.0 Å². The smallest absolute Gasteiger partial charge is 0.253 e. The Hall–Kier alpha value is -1.58. The van der Waals surface area contributed by atoms with Crippen molar-refractivity contribution in [2.24, 2.45) is 5.92 Å². The van der Waals surface area contributed by atoms with E-state index in [0.717, 1.165) is 25.2 Å². The van der Waals surface area contributed by atoms with Gasteiger partial charge in [-0.3, -0.25) is 4.79 Å². The summed E-state index contributed by atoms with van der Waals surface area (Å²) in [6.07, 6.45) is 3.76. The maximum Gasteiger partial charge on any atom is 0.253 e. The lowest BCUT2D eigenvalue weighted by Gasteiger charge is -2.17. The molecule has 0 radical (unpaired) electrons. The molecule has 2 N–H and O–H groups in total. The summed E-state index contributed by atoms with van der Waals surface area (Å²) in [5.41, 5.74) is 0.609. The number of pyridine rings is 1. The van der Waals surface area contributed by atoms with Gasteiger partial charge in [0.2, 0.25) is 0 Å². The molecule has 4 heteroatoms. The van der Waals surface area contributed by atoms with Crippen molar-refractivity contribution in [3.63, 3.8) is 0 Å². The lowest BCUT2D eigenvalue weighted by molar-refractivity contribution is 0.0935. The van der Waals surface area contributed by atoms with Crippen LogP contribution in [0.5, 0.6) is 0 Å². The average molecular weight is 263 g/mol. The first-order chi connectivity index (χ1) is 9.06. The number of carbonyl (C=O) groups excluding carboxylic acids is 1. The van der Waals surface area contributed by atoms with E-state index < -0.39 is 0 Å². The molecular formula is C15H25N3O. The van der Waals surface area contributed by atoms with E-state index in [-0.39, 0.29) is 11.9 Å². The zero-order valence-corrected chi connectivity index (χ0v) is 12.4. The highest BCUT2D eigenvalue weighted by atomic mass is 16.1. The fraction of sp³-hybridized carbons (Fsp3) is 0.600. The molecule has 2 unspecified atom stereocenters. The molecule has 1 aromatic rings. The van der Waals surface area contributed by atoms with Crippen molar-refractivity contribution in [1.29, 1.82) is 0 Å². The van der Waals surface area contributed by atoms with Crippen molar-refractivity contribution in [3.8, 4) is 0 Å². The molecule has 1 heterocycles. The number of carbonyl (C=O) groups is 1. The summed E-state index contributed by atoms with van der Waals surface area (Å²) in [6.45, 7) is 9.26. The molecule has 2 atom stereocenters. The second-order valence-electron chi connectivity index (χ2n) is 5.09. The summed E-state index contributed by atoms with van der Waals surface area (Å²) in [7, 11) is 0. The lowest BCUT2D eigenvalue weighted by Crippen LogP contribution is -2.33. The van der Waals surface area contributed by atoms with Gasteiger partial charge < -0.3 is 10.6 Å². The number of hydrogen-bond donors (Lipinski definition) is 2. The third-order valence-corrected chi connectivity index (χ3v) is 3.21. The van der Waals surface area contributed by atoms with Crippen LogP contribution in [0.25, 0.3) is 0 Å². The quantitative estimate of drug-likeness (QED) is 0.795.